The van der Waals surface area contributed by atoms with E-state index in [0.717, 1.165) is 5.69 Å². The maximum absolute atomic E-state index is 13.4. The number of para-hydroxylation sites is 1. The molecule has 0 heterocycles. The zero-order valence-electron chi connectivity index (χ0n) is 13.6. The first-order valence-corrected chi connectivity index (χ1v) is 7.39. The molecule has 2 aromatic carbocycles. The topological polar surface area (TPSA) is 32.8 Å². The van der Waals surface area contributed by atoms with Crippen LogP contribution in [0.1, 0.15) is 10.4 Å². The lowest BCUT2D eigenvalue weighted by Crippen LogP contribution is -2.31. The maximum Gasteiger partial charge on any atom is 0.253 e. The van der Waals surface area contributed by atoms with Gasteiger partial charge in [-0.05, 0) is 36.4 Å². The average molecular weight is 316 g/mol. The van der Waals surface area contributed by atoms with Crippen LogP contribution in [0.3, 0.4) is 0 Å². The minimum absolute atomic E-state index is 0.0903. The third-order valence-corrected chi connectivity index (χ3v) is 3.50. The van der Waals surface area contributed by atoms with Crippen molar-refractivity contribution in [2.45, 2.75) is 0 Å². The number of carbonyl (C=O) groups is 1. The molecule has 0 spiro atoms. The molecular formula is C18H21FN2O2. The largest absolute Gasteiger partial charge is 0.489 e. The Bertz CT molecular complexity index is 656. The summed E-state index contributed by atoms with van der Waals surface area (Å²) in [6, 6.07) is 13.6. The Kier molecular flexibility index (Phi) is 5.57. The van der Waals surface area contributed by atoms with Gasteiger partial charge in [-0.25, -0.2) is 4.39 Å². The number of amides is 1. The molecule has 0 aliphatic heterocycles. The number of halogens is 1. The van der Waals surface area contributed by atoms with Crippen LogP contribution in [0.25, 0.3) is 0 Å². The third-order valence-electron chi connectivity index (χ3n) is 3.50. The van der Waals surface area contributed by atoms with Gasteiger partial charge in [0.1, 0.15) is 6.61 Å². The minimum Gasteiger partial charge on any atom is -0.489 e. The molecule has 0 radical (unpaired) electrons. The summed E-state index contributed by atoms with van der Waals surface area (Å²) in [5.74, 6) is -0.295. The van der Waals surface area contributed by atoms with Crippen LogP contribution in [0.5, 0.6) is 5.75 Å². The van der Waals surface area contributed by atoms with Crippen LogP contribution in [0.15, 0.2) is 48.5 Å². The minimum atomic E-state index is -0.402. The van der Waals surface area contributed by atoms with E-state index in [4.69, 9.17) is 4.74 Å². The molecule has 0 aromatic heterocycles. The Morgan fingerprint density at radius 2 is 1.70 bits per heavy atom. The van der Waals surface area contributed by atoms with Crippen LogP contribution in [0.2, 0.25) is 0 Å². The highest BCUT2D eigenvalue weighted by Gasteiger charge is 2.12. The fourth-order valence-electron chi connectivity index (χ4n) is 2.08. The van der Waals surface area contributed by atoms with Crippen molar-refractivity contribution in [1.82, 2.24) is 4.90 Å². The summed E-state index contributed by atoms with van der Waals surface area (Å²) in [5.41, 5.74) is 1.65. The van der Waals surface area contributed by atoms with E-state index in [1.165, 1.54) is 6.07 Å². The van der Waals surface area contributed by atoms with Gasteiger partial charge in [0.2, 0.25) is 0 Å². The highest BCUT2D eigenvalue weighted by atomic mass is 19.1. The van der Waals surface area contributed by atoms with Gasteiger partial charge in [0.25, 0.3) is 5.91 Å². The van der Waals surface area contributed by atoms with Crippen LogP contribution in [0.4, 0.5) is 10.1 Å². The molecule has 0 aliphatic carbocycles. The summed E-state index contributed by atoms with van der Waals surface area (Å²) in [7, 11) is 5.60. The zero-order chi connectivity index (χ0) is 16.8. The van der Waals surface area contributed by atoms with Gasteiger partial charge < -0.3 is 14.5 Å². The van der Waals surface area contributed by atoms with Crippen molar-refractivity contribution in [2.75, 3.05) is 39.2 Å². The van der Waals surface area contributed by atoms with Gasteiger partial charge in [-0.2, -0.15) is 0 Å². The molecule has 0 unspecified atom stereocenters. The van der Waals surface area contributed by atoms with E-state index in [-0.39, 0.29) is 18.3 Å². The molecule has 0 N–H and O–H groups in total. The molecule has 0 saturated heterocycles. The zero-order valence-corrected chi connectivity index (χ0v) is 13.6. The number of anilines is 1. The average Bonchev–Trinajstić information content (AvgIpc) is 2.56. The maximum atomic E-state index is 13.4. The number of nitrogens with zero attached hydrogens (tertiary/aromatic N) is 2. The third kappa shape index (κ3) is 4.45. The van der Waals surface area contributed by atoms with Crippen molar-refractivity contribution in [3.8, 4) is 5.75 Å². The summed E-state index contributed by atoms with van der Waals surface area (Å²) in [5, 5.41) is 0. The van der Waals surface area contributed by atoms with Gasteiger partial charge in [0.05, 0.1) is 6.54 Å². The van der Waals surface area contributed by atoms with Crippen LogP contribution in [-0.4, -0.2) is 45.1 Å². The first-order valence-electron chi connectivity index (χ1n) is 7.39. The second kappa shape index (κ2) is 7.63. The summed E-state index contributed by atoms with van der Waals surface area (Å²) < 4.78 is 18.8. The highest BCUT2D eigenvalue weighted by molar-refractivity contribution is 5.94. The SMILES string of the molecule is CN(CCOc1ccccc1F)C(=O)c1ccc(N(C)C)cc1. The van der Waals surface area contributed by atoms with Gasteiger partial charge in [0.15, 0.2) is 11.6 Å². The second-order valence-corrected chi connectivity index (χ2v) is 5.45. The number of carbonyl (C=O) groups excluding carboxylic acids is 1. The van der Waals surface area contributed by atoms with Crippen LogP contribution >= 0.6 is 0 Å². The summed E-state index contributed by atoms with van der Waals surface area (Å²) >= 11 is 0. The van der Waals surface area contributed by atoms with E-state index in [0.29, 0.717) is 12.1 Å². The summed E-state index contributed by atoms with van der Waals surface area (Å²) in [6.45, 7) is 0.613. The molecule has 23 heavy (non-hydrogen) atoms. The van der Waals surface area contributed by atoms with E-state index >= 15 is 0 Å². The molecule has 0 fully saturated rings. The quantitative estimate of drug-likeness (QED) is 0.821. The molecule has 2 aromatic rings. The van der Waals surface area contributed by atoms with Gasteiger partial charge in [-0.3, -0.25) is 4.79 Å². The molecule has 5 heteroatoms. The normalized spacial score (nSPS) is 10.3. The van der Waals surface area contributed by atoms with E-state index in [1.54, 1.807) is 42.3 Å². The highest BCUT2D eigenvalue weighted by Crippen LogP contribution is 2.16. The Morgan fingerprint density at radius 3 is 2.30 bits per heavy atom. The van der Waals surface area contributed by atoms with Crippen LogP contribution < -0.4 is 9.64 Å². The van der Waals surface area contributed by atoms with Gasteiger partial charge in [-0.15, -0.1) is 0 Å². The number of benzene rings is 2. The number of rotatable bonds is 6. The molecule has 0 bridgehead atoms. The molecule has 0 atom stereocenters. The van der Waals surface area contributed by atoms with Crippen molar-refractivity contribution in [3.63, 3.8) is 0 Å². The van der Waals surface area contributed by atoms with Gasteiger partial charge >= 0.3 is 0 Å². The van der Waals surface area contributed by atoms with Crippen LogP contribution in [0, 0.1) is 5.82 Å². The first-order chi connectivity index (χ1) is 11.0. The van der Waals surface area contributed by atoms with Crippen molar-refractivity contribution in [2.24, 2.45) is 0 Å². The summed E-state index contributed by atoms with van der Waals surface area (Å²) in [4.78, 5) is 15.9. The number of hydrogen-bond donors (Lipinski definition) is 0. The molecule has 4 nitrogen and oxygen atoms in total. The Labute approximate surface area is 136 Å². The van der Waals surface area contributed by atoms with E-state index in [2.05, 4.69) is 0 Å². The van der Waals surface area contributed by atoms with E-state index in [9.17, 15) is 9.18 Å². The van der Waals surface area contributed by atoms with Crippen molar-refractivity contribution < 1.29 is 13.9 Å². The molecular weight excluding hydrogens is 295 g/mol. The smallest absolute Gasteiger partial charge is 0.253 e. The molecule has 2 rings (SSSR count). The molecule has 0 saturated carbocycles. The second-order valence-electron chi connectivity index (χ2n) is 5.45. The van der Waals surface area contributed by atoms with Gasteiger partial charge in [-0.1, -0.05) is 12.1 Å². The van der Waals surface area contributed by atoms with Crippen molar-refractivity contribution >= 4 is 11.6 Å². The van der Waals surface area contributed by atoms with Gasteiger partial charge in [0, 0.05) is 32.4 Å². The Morgan fingerprint density at radius 1 is 1.04 bits per heavy atom. The van der Waals surface area contributed by atoms with Crippen LogP contribution in [-0.2, 0) is 0 Å². The summed E-state index contributed by atoms with van der Waals surface area (Å²) in [6.07, 6.45) is 0. The molecule has 122 valence electrons. The lowest BCUT2D eigenvalue weighted by atomic mass is 10.2. The van der Waals surface area contributed by atoms with E-state index < -0.39 is 5.82 Å². The predicted molar refractivity (Wildman–Crippen MR) is 89.6 cm³/mol. The first kappa shape index (κ1) is 16.8. The Balaban J connectivity index is 1.88. The number of ether oxygens (including phenoxy) is 1. The fourth-order valence-corrected chi connectivity index (χ4v) is 2.08. The van der Waals surface area contributed by atoms with Crippen molar-refractivity contribution in [3.05, 3.63) is 59.9 Å². The molecule has 1 amide bonds. The van der Waals surface area contributed by atoms with E-state index in [1.807, 2.05) is 31.1 Å². The lowest BCUT2D eigenvalue weighted by molar-refractivity contribution is 0.0773. The molecule has 0 aliphatic rings. The predicted octanol–water partition coefficient (Wildman–Crippen LogP) is 3.04. The Hall–Kier alpha value is -2.56. The monoisotopic (exact) mass is 316 g/mol. The lowest BCUT2D eigenvalue weighted by Gasteiger charge is -2.18. The standard InChI is InChI=1S/C18H21FN2O2/c1-20(2)15-10-8-14(9-11-15)18(22)21(3)12-13-23-17-7-5-4-6-16(17)19/h4-11H,12-13H2,1-3H3. The van der Waals surface area contributed by atoms with Crippen molar-refractivity contribution in [1.29, 1.82) is 0 Å². The fraction of sp³-hybridized carbons (Fsp3) is 0.278. The number of likely N-dealkylation sites (N-methyl/N-ethyl adjacent to an activating group) is 1. The number of hydrogen-bond acceptors (Lipinski definition) is 3.